The molecule has 1 aliphatic heterocycles. The average molecular weight is 327 g/mol. The summed E-state index contributed by atoms with van der Waals surface area (Å²) in [5.41, 5.74) is 0.894. The lowest BCUT2D eigenvalue weighted by Crippen LogP contribution is -2.16. The molecule has 0 radical (unpaired) electrons. The number of ether oxygens (including phenoxy) is 3. The molecule has 1 saturated carbocycles. The Morgan fingerprint density at radius 1 is 1.37 bits per heavy atom. The fourth-order valence-corrected chi connectivity index (χ4v) is 2.56. The Hall–Kier alpha value is -1.23. The third-order valence-corrected chi connectivity index (χ3v) is 4.23. The summed E-state index contributed by atoms with van der Waals surface area (Å²) in [6.07, 6.45) is 0.946. The van der Waals surface area contributed by atoms with Crippen LogP contribution in [0.1, 0.15) is 18.9 Å². The van der Waals surface area contributed by atoms with Crippen LogP contribution in [0.4, 0.5) is 0 Å². The van der Waals surface area contributed by atoms with E-state index in [9.17, 15) is 4.79 Å². The van der Waals surface area contributed by atoms with Gasteiger partial charge >= 0.3 is 5.97 Å². The molecular formula is C14H15BrO4. The first-order valence-corrected chi connectivity index (χ1v) is 7.19. The quantitative estimate of drug-likeness (QED) is 0.801. The normalized spacial score (nSPS) is 23.9. The number of halogens is 1. The zero-order valence-corrected chi connectivity index (χ0v) is 12.2. The van der Waals surface area contributed by atoms with Crippen LogP contribution in [0.25, 0.3) is 0 Å². The van der Waals surface area contributed by atoms with Gasteiger partial charge in [-0.2, -0.15) is 0 Å². The van der Waals surface area contributed by atoms with E-state index in [1.165, 1.54) is 0 Å². The number of hydrogen-bond acceptors (Lipinski definition) is 4. The molecule has 1 aliphatic carbocycles. The van der Waals surface area contributed by atoms with Gasteiger partial charge in [-0.25, -0.2) is 0 Å². The van der Waals surface area contributed by atoms with Gasteiger partial charge in [0.25, 0.3) is 0 Å². The maximum Gasteiger partial charge on any atom is 0.309 e. The Balaban J connectivity index is 1.68. The predicted octanol–water partition coefficient (Wildman–Crippen LogP) is 2.92. The lowest BCUT2D eigenvalue weighted by molar-refractivity contribution is -0.146. The summed E-state index contributed by atoms with van der Waals surface area (Å²) in [4.78, 5) is 11.7. The van der Waals surface area contributed by atoms with Gasteiger partial charge in [-0.05, 0) is 24.5 Å². The molecule has 2 aliphatic rings. The summed E-state index contributed by atoms with van der Waals surface area (Å²) >= 11 is 3.46. The van der Waals surface area contributed by atoms with E-state index in [4.69, 9.17) is 14.2 Å². The molecule has 0 N–H and O–H groups in total. The summed E-state index contributed by atoms with van der Waals surface area (Å²) in [7, 11) is 0. The molecule has 1 aromatic carbocycles. The Bertz CT molecular complexity index is 514. The highest BCUT2D eigenvalue weighted by Gasteiger charge is 2.40. The lowest BCUT2D eigenvalue weighted by atomic mass is 10.2. The van der Waals surface area contributed by atoms with Crippen molar-refractivity contribution in [2.24, 2.45) is 11.8 Å². The van der Waals surface area contributed by atoms with E-state index < -0.39 is 0 Å². The summed E-state index contributed by atoms with van der Waals surface area (Å²) < 4.78 is 17.2. The third-order valence-electron chi connectivity index (χ3n) is 3.49. The van der Waals surface area contributed by atoms with E-state index in [-0.39, 0.29) is 18.5 Å². The predicted molar refractivity (Wildman–Crippen MR) is 72.2 cm³/mol. The molecule has 2 atom stereocenters. The van der Waals surface area contributed by atoms with Crippen molar-refractivity contribution in [1.29, 1.82) is 0 Å². The van der Waals surface area contributed by atoms with Crippen LogP contribution in [0.3, 0.4) is 0 Å². The standard InChI is InChI=1S/C14H15BrO4/c1-8-4-10(8)14(16)19-7-9-5-12-13(6-11(9)15)18-3-2-17-12/h5-6,8,10H,2-4,7H2,1H3. The SMILES string of the molecule is CC1CC1C(=O)OCc1cc2c(cc1Br)OCCO2. The number of esters is 1. The van der Waals surface area contributed by atoms with Crippen LogP contribution in [0.15, 0.2) is 16.6 Å². The molecule has 0 saturated heterocycles. The maximum atomic E-state index is 11.7. The largest absolute Gasteiger partial charge is 0.486 e. The van der Waals surface area contributed by atoms with Crippen LogP contribution < -0.4 is 9.47 Å². The number of carbonyl (C=O) groups excluding carboxylic acids is 1. The van der Waals surface area contributed by atoms with Gasteiger partial charge in [0.1, 0.15) is 19.8 Å². The van der Waals surface area contributed by atoms with Crippen LogP contribution in [0.2, 0.25) is 0 Å². The van der Waals surface area contributed by atoms with Gasteiger partial charge in [-0.3, -0.25) is 4.79 Å². The number of carbonyl (C=O) groups is 1. The zero-order chi connectivity index (χ0) is 13.4. The van der Waals surface area contributed by atoms with E-state index in [2.05, 4.69) is 22.9 Å². The monoisotopic (exact) mass is 326 g/mol. The van der Waals surface area contributed by atoms with Gasteiger partial charge in [0.05, 0.1) is 5.92 Å². The van der Waals surface area contributed by atoms with Crippen molar-refractivity contribution in [3.8, 4) is 11.5 Å². The fourth-order valence-electron chi connectivity index (χ4n) is 2.12. The molecule has 1 heterocycles. The zero-order valence-electron chi connectivity index (χ0n) is 10.6. The topological polar surface area (TPSA) is 44.8 Å². The van der Waals surface area contributed by atoms with Gasteiger partial charge in [0.15, 0.2) is 11.5 Å². The second-order valence-corrected chi connectivity index (χ2v) is 5.87. The van der Waals surface area contributed by atoms with Gasteiger partial charge in [-0.1, -0.05) is 22.9 Å². The molecule has 2 unspecified atom stereocenters. The molecule has 0 spiro atoms. The Morgan fingerprint density at radius 3 is 2.63 bits per heavy atom. The van der Waals surface area contributed by atoms with Crippen LogP contribution in [-0.4, -0.2) is 19.2 Å². The van der Waals surface area contributed by atoms with Crippen molar-refractivity contribution in [3.05, 3.63) is 22.2 Å². The highest BCUT2D eigenvalue weighted by atomic mass is 79.9. The highest BCUT2D eigenvalue weighted by molar-refractivity contribution is 9.10. The van der Waals surface area contributed by atoms with Crippen molar-refractivity contribution in [2.75, 3.05) is 13.2 Å². The van der Waals surface area contributed by atoms with Crippen LogP contribution >= 0.6 is 15.9 Å². The minimum absolute atomic E-state index is 0.0935. The number of benzene rings is 1. The fraction of sp³-hybridized carbons (Fsp3) is 0.500. The first-order valence-electron chi connectivity index (χ1n) is 6.40. The van der Waals surface area contributed by atoms with Gasteiger partial charge in [-0.15, -0.1) is 0 Å². The molecule has 1 aromatic rings. The third kappa shape index (κ3) is 2.71. The highest BCUT2D eigenvalue weighted by Crippen LogP contribution is 2.39. The second-order valence-electron chi connectivity index (χ2n) is 5.01. The van der Waals surface area contributed by atoms with Gasteiger partial charge < -0.3 is 14.2 Å². The number of hydrogen-bond donors (Lipinski definition) is 0. The van der Waals surface area contributed by atoms with Crippen molar-refractivity contribution < 1.29 is 19.0 Å². The smallest absolute Gasteiger partial charge is 0.309 e. The molecule has 0 bridgehead atoms. The first kappa shape index (κ1) is 12.8. The summed E-state index contributed by atoms with van der Waals surface area (Å²) in [6.45, 7) is 3.44. The van der Waals surface area contributed by atoms with Gasteiger partial charge in [0.2, 0.25) is 0 Å². The Kier molecular flexibility index (Phi) is 3.39. The number of fused-ring (bicyclic) bond motifs is 1. The molecule has 0 amide bonds. The summed E-state index contributed by atoms with van der Waals surface area (Å²) in [6, 6.07) is 3.72. The van der Waals surface area contributed by atoms with Crippen LogP contribution in [0, 0.1) is 11.8 Å². The molecule has 19 heavy (non-hydrogen) atoms. The number of rotatable bonds is 3. The molecule has 1 fully saturated rings. The molecule has 5 heteroatoms. The Labute approximate surface area is 120 Å². The second kappa shape index (κ2) is 5.04. The molecule has 102 valence electrons. The minimum Gasteiger partial charge on any atom is -0.486 e. The van der Waals surface area contributed by atoms with Crippen LogP contribution in [0.5, 0.6) is 11.5 Å². The minimum atomic E-state index is -0.103. The average Bonchev–Trinajstić information content (AvgIpc) is 3.13. The van der Waals surface area contributed by atoms with E-state index >= 15 is 0 Å². The summed E-state index contributed by atoms with van der Waals surface area (Å²) in [5, 5.41) is 0. The van der Waals surface area contributed by atoms with E-state index in [0.29, 0.717) is 24.9 Å². The van der Waals surface area contributed by atoms with E-state index in [1.54, 1.807) is 0 Å². The molecular weight excluding hydrogens is 312 g/mol. The maximum absolute atomic E-state index is 11.7. The van der Waals surface area contributed by atoms with Gasteiger partial charge in [0, 0.05) is 10.0 Å². The van der Waals surface area contributed by atoms with Crippen molar-refractivity contribution >= 4 is 21.9 Å². The summed E-state index contributed by atoms with van der Waals surface area (Å²) in [5.74, 6) is 1.89. The molecule has 0 aromatic heterocycles. The van der Waals surface area contributed by atoms with Crippen molar-refractivity contribution in [3.63, 3.8) is 0 Å². The van der Waals surface area contributed by atoms with Crippen molar-refractivity contribution in [1.82, 2.24) is 0 Å². The van der Waals surface area contributed by atoms with Crippen LogP contribution in [-0.2, 0) is 16.1 Å². The molecule has 3 rings (SSSR count). The molecule has 4 nitrogen and oxygen atoms in total. The van der Waals surface area contributed by atoms with E-state index in [1.807, 2.05) is 12.1 Å². The lowest BCUT2D eigenvalue weighted by Gasteiger charge is -2.19. The Morgan fingerprint density at radius 2 is 2.00 bits per heavy atom. The van der Waals surface area contributed by atoms with E-state index in [0.717, 1.165) is 22.2 Å². The van der Waals surface area contributed by atoms with Crippen molar-refractivity contribution in [2.45, 2.75) is 20.0 Å². The first-order chi connectivity index (χ1) is 9.15.